The second kappa shape index (κ2) is 4.01. The van der Waals surface area contributed by atoms with E-state index in [2.05, 4.69) is 40.1 Å². The highest BCUT2D eigenvalue weighted by Gasteiger charge is 2.66. The fraction of sp³-hybridized carbons (Fsp3) is 1.00. The van der Waals surface area contributed by atoms with Crippen molar-refractivity contribution in [2.45, 2.75) is 65.8 Å². The predicted molar refractivity (Wildman–Crippen MR) is 70.5 cm³/mol. The molecule has 1 N–H and O–H groups in total. The second-order valence-electron chi connectivity index (χ2n) is 7.20. The third-order valence-corrected chi connectivity index (χ3v) is 5.97. The molecule has 0 aromatic heterocycles. The standard InChI is InChI=1S/C15H29N/c1-14(2)13(15(14,3)4)12(16-5)10-11-8-6-7-9-11/h11-13,16H,6-10H2,1-5H3. The van der Waals surface area contributed by atoms with Crippen molar-refractivity contribution in [1.82, 2.24) is 5.32 Å². The molecule has 1 heteroatoms. The van der Waals surface area contributed by atoms with Gasteiger partial charge in [-0.3, -0.25) is 0 Å². The zero-order chi connectivity index (χ0) is 12.0. The fourth-order valence-electron chi connectivity index (χ4n) is 4.28. The Morgan fingerprint density at radius 2 is 1.56 bits per heavy atom. The molecule has 1 nitrogen and oxygen atoms in total. The lowest BCUT2D eigenvalue weighted by Gasteiger charge is -2.22. The maximum absolute atomic E-state index is 3.60. The average molecular weight is 223 g/mol. The van der Waals surface area contributed by atoms with Crippen molar-refractivity contribution in [2.24, 2.45) is 22.7 Å². The average Bonchev–Trinajstić information content (AvgIpc) is 2.63. The van der Waals surface area contributed by atoms with Crippen molar-refractivity contribution in [2.75, 3.05) is 7.05 Å². The Balaban J connectivity index is 1.96. The van der Waals surface area contributed by atoms with Crippen molar-refractivity contribution in [3.05, 3.63) is 0 Å². The molecule has 1 atom stereocenters. The Bertz CT molecular complexity index is 234. The molecule has 0 aromatic carbocycles. The van der Waals surface area contributed by atoms with Gasteiger partial charge in [0.05, 0.1) is 0 Å². The minimum absolute atomic E-state index is 0.527. The van der Waals surface area contributed by atoms with Crippen LogP contribution in [0.1, 0.15) is 59.8 Å². The van der Waals surface area contributed by atoms with E-state index in [1.165, 1.54) is 32.1 Å². The summed E-state index contributed by atoms with van der Waals surface area (Å²) in [5.41, 5.74) is 1.05. The number of nitrogens with one attached hydrogen (secondary N) is 1. The largest absolute Gasteiger partial charge is 0.317 e. The molecule has 0 radical (unpaired) electrons. The Labute approximate surface area is 101 Å². The van der Waals surface area contributed by atoms with Gasteiger partial charge in [0.2, 0.25) is 0 Å². The zero-order valence-electron chi connectivity index (χ0n) is 11.8. The highest BCUT2D eigenvalue weighted by atomic mass is 14.9. The van der Waals surface area contributed by atoms with E-state index in [0.717, 1.165) is 17.9 Å². The van der Waals surface area contributed by atoms with Crippen LogP contribution in [0, 0.1) is 22.7 Å². The van der Waals surface area contributed by atoms with Gasteiger partial charge < -0.3 is 5.32 Å². The van der Waals surface area contributed by atoms with Crippen LogP contribution in [0.3, 0.4) is 0 Å². The normalized spacial score (nSPS) is 30.6. The maximum atomic E-state index is 3.60. The van der Waals surface area contributed by atoms with Gasteiger partial charge >= 0.3 is 0 Å². The molecule has 0 bridgehead atoms. The monoisotopic (exact) mass is 223 g/mol. The van der Waals surface area contributed by atoms with E-state index in [0.29, 0.717) is 10.8 Å². The van der Waals surface area contributed by atoms with Crippen LogP contribution in [0.4, 0.5) is 0 Å². The SMILES string of the molecule is CNC(CC1CCCC1)C1C(C)(C)C1(C)C. The zero-order valence-corrected chi connectivity index (χ0v) is 11.8. The Hall–Kier alpha value is -0.0400. The first kappa shape index (κ1) is 12.4. The molecule has 0 aliphatic heterocycles. The summed E-state index contributed by atoms with van der Waals surface area (Å²) in [5, 5.41) is 3.60. The molecule has 0 saturated heterocycles. The second-order valence-corrected chi connectivity index (χ2v) is 7.20. The maximum Gasteiger partial charge on any atom is 0.0106 e. The van der Waals surface area contributed by atoms with E-state index in [1.807, 2.05) is 0 Å². The molecule has 16 heavy (non-hydrogen) atoms. The van der Waals surface area contributed by atoms with Gasteiger partial charge in [-0.25, -0.2) is 0 Å². The molecular weight excluding hydrogens is 194 g/mol. The molecule has 1 unspecified atom stereocenters. The van der Waals surface area contributed by atoms with Crippen LogP contribution in [0.5, 0.6) is 0 Å². The first-order valence-electron chi connectivity index (χ1n) is 7.08. The van der Waals surface area contributed by atoms with Gasteiger partial charge in [0.25, 0.3) is 0 Å². The Kier molecular flexibility index (Phi) is 3.11. The van der Waals surface area contributed by atoms with Crippen molar-refractivity contribution >= 4 is 0 Å². The molecule has 0 aromatic rings. The molecule has 2 rings (SSSR count). The minimum atomic E-state index is 0.527. The number of rotatable bonds is 4. The van der Waals surface area contributed by atoms with Gasteiger partial charge in [0.1, 0.15) is 0 Å². The van der Waals surface area contributed by atoms with Gasteiger partial charge in [0, 0.05) is 6.04 Å². The van der Waals surface area contributed by atoms with Gasteiger partial charge in [0.15, 0.2) is 0 Å². The van der Waals surface area contributed by atoms with Crippen LogP contribution in [0.2, 0.25) is 0 Å². The summed E-state index contributed by atoms with van der Waals surface area (Å²) in [7, 11) is 2.16. The number of hydrogen-bond acceptors (Lipinski definition) is 1. The van der Waals surface area contributed by atoms with Crippen molar-refractivity contribution in [1.29, 1.82) is 0 Å². The minimum Gasteiger partial charge on any atom is -0.317 e. The van der Waals surface area contributed by atoms with E-state index >= 15 is 0 Å². The molecule has 2 fully saturated rings. The van der Waals surface area contributed by atoms with Crippen LogP contribution >= 0.6 is 0 Å². The van der Waals surface area contributed by atoms with Crippen molar-refractivity contribution < 1.29 is 0 Å². The summed E-state index contributed by atoms with van der Waals surface area (Å²) < 4.78 is 0. The molecule has 2 aliphatic carbocycles. The highest BCUT2D eigenvalue weighted by molar-refractivity contribution is 5.16. The van der Waals surface area contributed by atoms with Crippen LogP contribution in [-0.2, 0) is 0 Å². The Morgan fingerprint density at radius 1 is 1.06 bits per heavy atom. The molecule has 0 amide bonds. The molecule has 2 aliphatic rings. The van der Waals surface area contributed by atoms with Crippen molar-refractivity contribution in [3.8, 4) is 0 Å². The van der Waals surface area contributed by atoms with Gasteiger partial charge in [-0.1, -0.05) is 53.4 Å². The van der Waals surface area contributed by atoms with Gasteiger partial charge in [-0.2, -0.15) is 0 Å². The quantitative estimate of drug-likeness (QED) is 0.763. The number of hydrogen-bond donors (Lipinski definition) is 1. The summed E-state index contributed by atoms with van der Waals surface area (Å²) >= 11 is 0. The van der Waals surface area contributed by atoms with E-state index in [9.17, 15) is 0 Å². The third kappa shape index (κ3) is 1.81. The van der Waals surface area contributed by atoms with E-state index < -0.39 is 0 Å². The lowest BCUT2D eigenvalue weighted by Crippen LogP contribution is -2.32. The van der Waals surface area contributed by atoms with Gasteiger partial charge in [-0.05, 0) is 36.1 Å². The first-order valence-corrected chi connectivity index (χ1v) is 7.08. The molecule has 0 spiro atoms. The summed E-state index contributed by atoms with van der Waals surface area (Å²) in [6.07, 6.45) is 7.31. The summed E-state index contributed by atoms with van der Waals surface area (Å²) in [5.74, 6) is 1.87. The molecule has 2 saturated carbocycles. The molecule has 94 valence electrons. The smallest absolute Gasteiger partial charge is 0.0106 e. The molecular formula is C15H29N. The van der Waals surface area contributed by atoms with Crippen molar-refractivity contribution in [3.63, 3.8) is 0 Å². The van der Waals surface area contributed by atoms with Crippen LogP contribution in [0.25, 0.3) is 0 Å². The van der Waals surface area contributed by atoms with Crippen LogP contribution in [-0.4, -0.2) is 13.1 Å². The predicted octanol–water partition coefficient (Wildman–Crippen LogP) is 3.84. The summed E-state index contributed by atoms with van der Waals surface area (Å²) in [6.45, 7) is 9.76. The summed E-state index contributed by atoms with van der Waals surface area (Å²) in [4.78, 5) is 0. The van der Waals surface area contributed by atoms with E-state index in [1.54, 1.807) is 0 Å². The highest BCUT2D eigenvalue weighted by Crippen LogP contribution is 2.70. The summed E-state index contributed by atoms with van der Waals surface area (Å²) in [6, 6.07) is 0.744. The van der Waals surface area contributed by atoms with Gasteiger partial charge in [-0.15, -0.1) is 0 Å². The van der Waals surface area contributed by atoms with E-state index in [4.69, 9.17) is 0 Å². The lowest BCUT2D eigenvalue weighted by atomic mass is 9.92. The lowest BCUT2D eigenvalue weighted by molar-refractivity contribution is 0.337. The Morgan fingerprint density at radius 3 is 1.94 bits per heavy atom. The first-order chi connectivity index (χ1) is 7.41. The van der Waals surface area contributed by atoms with E-state index in [-0.39, 0.29) is 0 Å². The topological polar surface area (TPSA) is 12.0 Å². The van der Waals surface area contributed by atoms with Crippen LogP contribution < -0.4 is 5.32 Å². The molecule has 0 heterocycles. The van der Waals surface area contributed by atoms with Crippen LogP contribution in [0.15, 0.2) is 0 Å². The fourth-order valence-corrected chi connectivity index (χ4v) is 4.28. The third-order valence-electron chi connectivity index (χ3n) is 5.97.